The van der Waals surface area contributed by atoms with E-state index < -0.39 is 8.07 Å². The Hall–Kier alpha value is -5.52. The quantitative estimate of drug-likeness (QED) is 0.208. The van der Waals surface area contributed by atoms with Gasteiger partial charge in [-0.2, -0.15) is 5.10 Å². The van der Waals surface area contributed by atoms with Crippen LogP contribution in [0, 0.1) is 0 Å². The molecule has 220 valence electrons. The highest BCUT2D eigenvalue weighted by Crippen LogP contribution is 2.52. The van der Waals surface area contributed by atoms with Crippen molar-refractivity contribution in [1.29, 1.82) is 0 Å². The van der Waals surface area contributed by atoms with Gasteiger partial charge in [0.2, 0.25) is 8.07 Å². The fourth-order valence-electron chi connectivity index (χ4n) is 7.98. The van der Waals surface area contributed by atoms with Crippen LogP contribution < -0.4 is 25.8 Å². The summed E-state index contributed by atoms with van der Waals surface area (Å²) >= 11 is 0. The number of rotatable bonds is 4. The summed E-state index contributed by atoms with van der Waals surface area (Å²) in [6, 6.07) is 51.2. The molecule has 0 unspecified atom stereocenters. The zero-order valence-electron chi connectivity index (χ0n) is 25.8. The molecule has 2 aromatic heterocycles. The molecule has 5 aromatic carbocycles. The Bertz CT molecular complexity index is 2210. The molecule has 9 rings (SSSR count). The van der Waals surface area contributed by atoms with Gasteiger partial charge in [0.05, 0.1) is 17.1 Å². The molecule has 0 spiro atoms. The van der Waals surface area contributed by atoms with E-state index in [4.69, 9.17) is 4.98 Å². The minimum atomic E-state index is -2.74. The third-order valence-corrected chi connectivity index (χ3v) is 14.8. The van der Waals surface area contributed by atoms with Crippen molar-refractivity contribution in [3.63, 3.8) is 0 Å². The van der Waals surface area contributed by atoms with Gasteiger partial charge in [-0.1, -0.05) is 105 Å². The predicted octanol–water partition coefficient (Wildman–Crippen LogP) is 6.73. The number of hydrogen-bond donors (Lipinski definition) is 0. The van der Waals surface area contributed by atoms with Crippen molar-refractivity contribution in [3.05, 3.63) is 169 Å². The van der Waals surface area contributed by atoms with Gasteiger partial charge >= 0.3 is 0 Å². The third-order valence-electron chi connectivity index (χ3n) is 10.0. The number of fused-ring (bicyclic) bond motifs is 5. The molecule has 0 bridgehead atoms. The Morgan fingerprint density at radius 2 is 1.28 bits per heavy atom. The van der Waals surface area contributed by atoms with Gasteiger partial charge in [-0.3, -0.25) is 4.98 Å². The molecule has 0 atom stereocenters. The van der Waals surface area contributed by atoms with Crippen LogP contribution in [0.2, 0.25) is 0 Å². The number of nitrogens with zero attached hydrogens (tertiary/aromatic N) is 4. The molecule has 46 heavy (non-hydrogen) atoms. The summed E-state index contributed by atoms with van der Waals surface area (Å²) < 4.78 is 1.94. The lowest BCUT2D eigenvalue weighted by Crippen LogP contribution is -2.73. The normalized spacial score (nSPS) is 15.0. The Balaban J connectivity index is 1.33. The lowest BCUT2D eigenvalue weighted by Gasteiger charge is -2.42. The molecule has 0 radical (unpaired) electrons. The van der Waals surface area contributed by atoms with Crippen LogP contribution in [-0.4, -0.2) is 22.8 Å². The summed E-state index contributed by atoms with van der Waals surface area (Å²) in [5, 5.41) is 9.84. The maximum atomic E-state index is 5.12. The van der Waals surface area contributed by atoms with E-state index in [2.05, 4.69) is 151 Å². The Labute approximate surface area is 270 Å². The molecule has 4 heterocycles. The zero-order valence-corrected chi connectivity index (χ0v) is 26.8. The largest absolute Gasteiger partial charge is 0.310 e. The summed E-state index contributed by atoms with van der Waals surface area (Å²) in [5.41, 5.74) is 9.64. The van der Waals surface area contributed by atoms with Crippen LogP contribution in [0.1, 0.15) is 25.0 Å². The molecule has 2 aliphatic heterocycles. The van der Waals surface area contributed by atoms with Crippen LogP contribution in [0.4, 0.5) is 17.1 Å². The summed E-state index contributed by atoms with van der Waals surface area (Å²) in [6.45, 7) is 4.67. The van der Waals surface area contributed by atoms with E-state index in [-0.39, 0.29) is 5.41 Å². The number of pyridine rings is 1. The molecule has 0 saturated heterocycles. The van der Waals surface area contributed by atoms with Crippen molar-refractivity contribution < 1.29 is 0 Å². The average Bonchev–Trinajstić information content (AvgIpc) is 3.75. The lowest BCUT2D eigenvalue weighted by atomic mass is 9.73. The summed E-state index contributed by atoms with van der Waals surface area (Å²) in [5.74, 6) is 0. The maximum absolute atomic E-state index is 5.12. The van der Waals surface area contributed by atoms with E-state index in [0.717, 1.165) is 16.7 Å². The zero-order chi connectivity index (χ0) is 30.9. The van der Waals surface area contributed by atoms with Crippen molar-refractivity contribution in [2.24, 2.45) is 0 Å². The van der Waals surface area contributed by atoms with Gasteiger partial charge in [0.1, 0.15) is 0 Å². The lowest BCUT2D eigenvalue weighted by molar-refractivity contribution is 0.631. The van der Waals surface area contributed by atoms with E-state index in [0.29, 0.717) is 0 Å². The number of hydrogen-bond acceptors (Lipinski definition) is 3. The van der Waals surface area contributed by atoms with Crippen LogP contribution in [-0.2, 0) is 5.41 Å². The number of aromatic nitrogens is 3. The minimum Gasteiger partial charge on any atom is -0.310 e. The first-order chi connectivity index (χ1) is 22.6. The summed E-state index contributed by atoms with van der Waals surface area (Å²) in [4.78, 5) is 7.58. The van der Waals surface area contributed by atoms with Crippen molar-refractivity contribution >= 4 is 46.0 Å². The van der Waals surface area contributed by atoms with Crippen LogP contribution in [0.5, 0.6) is 0 Å². The fourth-order valence-corrected chi connectivity index (χ4v) is 13.0. The molecule has 0 aliphatic carbocycles. The van der Waals surface area contributed by atoms with E-state index in [1.165, 1.54) is 49.2 Å². The van der Waals surface area contributed by atoms with E-state index in [1.54, 1.807) is 0 Å². The van der Waals surface area contributed by atoms with Gasteiger partial charge in [0.15, 0.2) is 0 Å². The van der Waals surface area contributed by atoms with E-state index in [9.17, 15) is 0 Å². The first kappa shape index (κ1) is 26.8. The topological polar surface area (TPSA) is 34.0 Å². The Morgan fingerprint density at radius 1 is 0.565 bits per heavy atom. The second-order valence-corrected chi connectivity index (χ2v) is 16.4. The van der Waals surface area contributed by atoms with Gasteiger partial charge in [-0.05, 0) is 86.3 Å². The van der Waals surface area contributed by atoms with Crippen LogP contribution >= 0.6 is 0 Å². The highest BCUT2D eigenvalue weighted by atomic mass is 28.3. The maximum Gasteiger partial charge on any atom is 0.203 e. The highest BCUT2D eigenvalue weighted by molar-refractivity contribution is 7.21. The molecule has 7 aromatic rings. The van der Waals surface area contributed by atoms with Gasteiger partial charge in [-0.25, -0.2) is 4.68 Å². The molecule has 5 heteroatoms. The standard InChI is InChI=1S/C41H32N4Si/c1-41(2)34-17-5-6-18-36(34)45(37-28-29(22-23-35(37)41)44-26-12-25-43-44)30-13-11-14-31(27-30)46(40-21-9-10-24-42-40)38-19-7-3-15-32(38)33-16-4-8-20-39(33)46/h3-28H,1-2H3. The number of anilines is 3. The van der Waals surface area contributed by atoms with Crippen LogP contribution in [0.15, 0.2) is 158 Å². The smallest absolute Gasteiger partial charge is 0.203 e. The van der Waals surface area contributed by atoms with Crippen LogP contribution in [0.3, 0.4) is 0 Å². The molecule has 0 amide bonds. The Morgan fingerprint density at radius 3 is 2.02 bits per heavy atom. The molecule has 0 saturated carbocycles. The molecule has 4 nitrogen and oxygen atoms in total. The molecule has 0 N–H and O–H groups in total. The van der Waals surface area contributed by atoms with Gasteiger partial charge < -0.3 is 4.90 Å². The second kappa shape index (κ2) is 9.99. The monoisotopic (exact) mass is 608 g/mol. The highest BCUT2D eigenvalue weighted by Gasteiger charge is 2.50. The molecular weight excluding hydrogens is 577 g/mol. The number of benzene rings is 5. The van der Waals surface area contributed by atoms with Gasteiger partial charge in [-0.15, -0.1) is 0 Å². The SMILES string of the molecule is CC1(C)c2ccccc2N(c2cccc([Si]3(c4ccccn4)c4ccccc4-c4ccccc43)c2)c2cc(-n3cccn3)ccc21. The minimum absolute atomic E-state index is 0.171. The van der Waals surface area contributed by atoms with Crippen molar-refractivity contribution in [2.75, 3.05) is 4.90 Å². The van der Waals surface area contributed by atoms with E-state index >= 15 is 0 Å². The van der Waals surface area contributed by atoms with Crippen molar-refractivity contribution in [1.82, 2.24) is 14.8 Å². The predicted molar refractivity (Wildman–Crippen MR) is 191 cm³/mol. The number of para-hydroxylation sites is 1. The van der Waals surface area contributed by atoms with Crippen molar-refractivity contribution in [3.8, 4) is 16.8 Å². The summed E-state index contributed by atoms with van der Waals surface area (Å²) in [7, 11) is -2.74. The van der Waals surface area contributed by atoms with Gasteiger partial charge in [0.25, 0.3) is 0 Å². The second-order valence-electron chi connectivity index (χ2n) is 12.7. The van der Waals surface area contributed by atoms with Gasteiger partial charge in [0, 0.05) is 35.0 Å². The summed E-state index contributed by atoms with van der Waals surface area (Å²) in [6.07, 6.45) is 5.79. The Kier molecular flexibility index (Phi) is 5.83. The van der Waals surface area contributed by atoms with Crippen molar-refractivity contribution in [2.45, 2.75) is 19.3 Å². The first-order valence-electron chi connectivity index (χ1n) is 15.8. The molecular formula is C41H32N4Si. The molecule has 0 fully saturated rings. The average molecular weight is 609 g/mol. The first-order valence-corrected chi connectivity index (χ1v) is 17.8. The van der Waals surface area contributed by atoms with Crippen LogP contribution in [0.25, 0.3) is 16.8 Å². The molecule has 2 aliphatic rings. The van der Waals surface area contributed by atoms with E-state index in [1.807, 2.05) is 35.4 Å². The fraction of sp³-hybridized carbons (Fsp3) is 0.0732. The third kappa shape index (κ3) is 3.66.